The van der Waals surface area contributed by atoms with Crippen LogP contribution in [-0.4, -0.2) is 33.5 Å². The standard InChI is InChI=1S/C25H34FN6O2P/c1-15-17(16(2)26)7-6-8-19(15)24(3,27)31-21-18-13-20(23(33)32(4)22(18)30-14-29-21)25(28)9-11-35(5,34)12-10-25/h6-8,13-14,16H,9-12,27-28H2,1-5H3,(H,29,30,31)/t16?,24-,25?,35?/m0/s1. The van der Waals surface area contributed by atoms with Gasteiger partial charge in [-0.1, -0.05) is 18.2 Å². The Balaban J connectivity index is 1.82. The molecule has 1 unspecified atom stereocenters. The molecular formula is C25H34FN6O2P. The number of aryl methyl sites for hydroxylation is 1. The second kappa shape index (κ2) is 8.80. The Labute approximate surface area is 204 Å². The molecule has 1 fully saturated rings. The number of pyridine rings is 1. The number of benzene rings is 1. The first kappa shape index (κ1) is 25.5. The van der Waals surface area contributed by atoms with E-state index in [9.17, 15) is 13.8 Å². The van der Waals surface area contributed by atoms with Gasteiger partial charge >= 0.3 is 0 Å². The summed E-state index contributed by atoms with van der Waals surface area (Å²) in [6.45, 7) is 6.94. The van der Waals surface area contributed by atoms with Crippen molar-refractivity contribution in [3.05, 3.63) is 63.2 Å². The Bertz CT molecular complexity index is 1390. The van der Waals surface area contributed by atoms with Gasteiger partial charge in [0.2, 0.25) is 0 Å². The van der Waals surface area contributed by atoms with Crippen LogP contribution in [0.2, 0.25) is 0 Å². The van der Waals surface area contributed by atoms with Crippen molar-refractivity contribution in [3.63, 3.8) is 0 Å². The zero-order valence-electron chi connectivity index (χ0n) is 20.9. The number of hydrogen-bond donors (Lipinski definition) is 3. The molecule has 5 N–H and O–H groups in total. The average molecular weight is 501 g/mol. The molecule has 8 nitrogen and oxygen atoms in total. The Hall–Kier alpha value is -2.61. The summed E-state index contributed by atoms with van der Waals surface area (Å²) in [6.07, 6.45) is 2.20. The molecule has 35 heavy (non-hydrogen) atoms. The largest absolute Gasteiger partial charge is 0.348 e. The molecule has 0 spiro atoms. The summed E-state index contributed by atoms with van der Waals surface area (Å²) in [5, 5.41) is 3.89. The van der Waals surface area contributed by atoms with Crippen LogP contribution in [0, 0.1) is 6.92 Å². The van der Waals surface area contributed by atoms with E-state index in [2.05, 4.69) is 15.3 Å². The fourth-order valence-corrected chi connectivity index (χ4v) is 7.03. The van der Waals surface area contributed by atoms with Gasteiger partial charge in [0.25, 0.3) is 5.56 Å². The van der Waals surface area contributed by atoms with Crippen LogP contribution in [0.3, 0.4) is 0 Å². The third-order valence-corrected chi connectivity index (χ3v) is 9.68. The van der Waals surface area contributed by atoms with E-state index in [1.165, 1.54) is 17.8 Å². The summed E-state index contributed by atoms with van der Waals surface area (Å²) in [4.78, 5) is 22.0. The van der Waals surface area contributed by atoms with Crippen molar-refractivity contribution in [2.24, 2.45) is 18.5 Å². The first-order valence-electron chi connectivity index (χ1n) is 11.8. The van der Waals surface area contributed by atoms with Crippen LogP contribution in [0.15, 0.2) is 35.4 Å². The molecule has 188 valence electrons. The van der Waals surface area contributed by atoms with Crippen molar-refractivity contribution in [2.75, 3.05) is 24.3 Å². The fourth-order valence-electron chi connectivity index (χ4n) is 5.06. The van der Waals surface area contributed by atoms with Gasteiger partial charge in [-0.25, -0.2) is 14.4 Å². The minimum atomic E-state index is -2.22. The smallest absolute Gasteiger partial charge is 0.257 e. The van der Waals surface area contributed by atoms with Crippen molar-refractivity contribution in [1.82, 2.24) is 14.5 Å². The lowest BCUT2D eigenvalue weighted by molar-refractivity contribution is 0.372. The molecule has 1 aliphatic rings. The third-order valence-electron chi connectivity index (χ3n) is 7.34. The predicted molar refractivity (Wildman–Crippen MR) is 139 cm³/mol. The Morgan fingerprint density at radius 3 is 2.57 bits per heavy atom. The number of alkyl halides is 1. The molecule has 3 aromatic rings. The lowest BCUT2D eigenvalue weighted by Gasteiger charge is -2.36. The number of fused-ring (bicyclic) bond motifs is 1. The second-order valence-corrected chi connectivity index (χ2v) is 13.7. The lowest BCUT2D eigenvalue weighted by Crippen LogP contribution is -2.46. The summed E-state index contributed by atoms with van der Waals surface area (Å²) < 4.78 is 28.2. The summed E-state index contributed by atoms with van der Waals surface area (Å²) >= 11 is 0. The maximum atomic E-state index is 14.1. The summed E-state index contributed by atoms with van der Waals surface area (Å²) in [7, 11) is -0.566. The number of nitrogens with one attached hydrogen (secondary N) is 1. The minimum absolute atomic E-state index is 0.228. The zero-order chi connectivity index (χ0) is 25.8. The van der Waals surface area contributed by atoms with Crippen LogP contribution >= 0.6 is 7.14 Å². The molecule has 0 amide bonds. The van der Waals surface area contributed by atoms with Gasteiger partial charge in [-0.05, 0) is 63.0 Å². The SMILES string of the molecule is Cc1c(C(C)F)cccc1[C@@](C)(N)Nc1ncnc2c1cc(C1(N)CCP(C)(=O)CC1)c(=O)n2C. The molecule has 2 aromatic heterocycles. The number of nitrogens with zero attached hydrogens (tertiary/aromatic N) is 3. The molecule has 0 bridgehead atoms. The molecule has 1 aromatic carbocycles. The number of halogens is 1. The van der Waals surface area contributed by atoms with Gasteiger partial charge < -0.3 is 21.3 Å². The molecule has 1 aliphatic heterocycles. The van der Waals surface area contributed by atoms with Crippen molar-refractivity contribution < 1.29 is 8.96 Å². The Kier molecular flexibility index (Phi) is 6.41. The normalized spacial score (nSPS) is 25.3. The first-order chi connectivity index (χ1) is 16.3. The zero-order valence-corrected chi connectivity index (χ0v) is 21.8. The first-order valence-corrected chi connectivity index (χ1v) is 14.3. The summed E-state index contributed by atoms with van der Waals surface area (Å²) in [5.74, 6) is 0.440. The van der Waals surface area contributed by atoms with Crippen LogP contribution in [-0.2, 0) is 22.8 Å². The maximum absolute atomic E-state index is 14.1. The monoisotopic (exact) mass is 500 g/mol. The van der Waals surface area contributed by atoms with Gasteiger partial charge in [0, 0.05) is 30.5 Å². The molecule has 0 aliphatic carbocycles. The molecular weight excluding hydrogens is 466 g/mol. The molecule has 3 heterocycles. The highest BCUT2D eigenvalue weighted by Gasteiger charge is 2.39. The number of hydrogen-bond acceptors (Lipinski definition) is 7. The van der Waals surface area contributed by atoms with Crippen LogP contribution in [0.1, 0.15) is 55.1 Å². The van der Waals surface area contributed by atoms with Gasteiger partial charge in [0.05, 0.1) is 12.5 Å². The second-order valence-electron chi connectivity index (χ2n) is 10.2. The van der Waals surface area contributed by atoms with Gasteiger partial charge in [-0.2, -0.15) is 0 Å². The molecule has 0 saturated carbocycles. The highest BCUT2D eigenvalue weighted by atomic mass is 31.2. The Morgan fingerprint density at radius 1 is 1.29 bits per heavy atom. The number of aromatic nitrogens is 3. The van der Waals surface area contributed by atoms with E-state index >= 15 is 0 Å². The van der Waals surface area contributed by atoms with E-state index < -0.39 is 24.5 Å². The molecule has 10 heteroatoms. The van der Waals surface area contributed by atoms with Crippen molar-refractivity contribution in [3.8, 4) is 0 Å². The van der Waals surface area contributed by atoms with Crippen molar-refractivity contribution in [2.45, 2.75) is 51.0 Å². The van der Waals surface area contributed by atoms with Crippen molar-refractivity contribution in [1.29, 1.82) is 0 Å². The van der Waals surface area contributed by atoms with Crippen LogP contribution < -0.4 is 22.3 Å². The van der Waals surface area contributed by atoms with Crippen LogP contribution in [0.25, 0.3) is 11.0 Å². The number of nitrogens with two attached hydrogens (primary N) is 2. The number of rotatable bonds is 5. The molecule has 0 radical (unpaired) electrons. The predicted octanol–water partition coefficient (Wildman–Crippen LogP) is 3.85. The topological polar surface area (TPSA) is 129 Å². The van der Waals surface area contributed by atoms with E-state index in [4.69, 9.17) is 11.5 Å². The molecule has 4 rings (SSSR count). The summed E-state index contributed by atoms with van der Waals surface area (Å²) in [6, 6.07) is 7.14. The van der Waals surface area contributed by atoms with Gasteiger partial charge in [0.15, 0.2) is 0 Å². The van der Waals surface area contributed by atoms with Gasteiger partial charge in [-0.3, -0.25) is 9.36 Å². The van der Waals surface area contributed by atoms with Crippen molar-refractivity contribution >= 4 is 24.0 Å². The van der Waals surface area contributed by atoms with Crippen LogP contribution in [0.5, 0.6) is 0 Å². The Morgan fingerprint density at radius 2 is 1.94 bits per heavy atom. The summed E-state index contributed by atoms with van der Waals surface area (Å²) in [5.41, 5.74) is 14.2. The fraction of sp³-hybridized carbons (Fsp3) is 0.480. The van der Waals surface area contributed by atoms with Crippen LogP contribution in [0.4, 0.5) is 10.2 Å². The minimum Gasteiger partial charge on any atom is -0.348 e. The quantitative estimate of drug-likeness (QED) is 0.358. The van der Waals surface area contributed by atoms with E-state index in [-0.39, 0.29) is 5.56 Å². The van der Waals surface area contributed by atoms with Gasteiger partial charge in [-0.15, -0.1) is 0 Å². The highest BCUT2D eigenvalue weighted by Crippen LogP contribution is 2.50. The maximum Gasteiger partial charge on any atom is 0.257 e. The highest BCUT2D eigenvalue weighted by molar-refractivity contribution is 7.63. The molecule has 2 atom stereocenters. The average Bonchev–Trinajstić information content (AvgIpc) is 2.78. The van der Waals surface area contributed by atoms with E-state index in [0.29, 0.717) is 53.1 Å². The lowest BCUT2D eigenvalue weighted by atomic mass is 9.85. The third kappa shape index (κ3) is 4.65. The molecule has 1 saturated heterocycles. The van der Waals surface area contributed by atoms with Gasteiger partial charge in [0.1, 0.15) is 29.6 Å². The van der Waals surface area contributed by atoms with E-state index in [1.807, 2.05) is 13.0 Å². The van der Waals surface area contributed by atoms with E-state index in [1.54, 1.807) is 38.8 Å². The number of anilines is 1. The van der Waals surface area contributed by atoms with E-state index in [0.717, 1.165) is 11.1 Å².